The zero-order valence-corrected chi connectivity index (χ0v) is 14.3. The van der Waals surface area contributed by atoms with Gasteiger partial charge in [0.05, 0.1) is 23.7 Å². The molecule has 2 fully saturated rings. The summed E-state index contributed by atoms with van der Waals surface area (Å²) in [6.45, 7) is 4.32. The molecule has 1 aromatic rings. The normalized spacial score (nSPS) is 27.3. The second-order valence-electron chi connectivity index (χ2n) is 6.59. The maximum atomic E-state index is 12.2. The van der Waals surface area contributed by atoms with Crippen molar-refractivity contribution in [2.24, 2.45) is 0 Å². The summed E-state index contributed by atoms with van der Waals surface area (Å²) in [5, 5.41) is 7.09. The number of hydrogen-bond donors (Lipinski definition) is 1. The lowest BCUT2D eigenvalue weighted by Crippen LogP contribution is -2.50. The van der Waals surface area contributed by atoms with Crippen LogP contribution in [0.4, 0.5) is 0 Å². The number of amides is 1. The Morgan fingerprint density at radius 1 is 1.35 bits per heavy atom. The van der Waals surface area contributed by atoms with Crippen LogP contribution in [0, 0.1) is 6.92 Å². The maximum Gasteiger partial charge on any atom is 0.222 e. The Morgan fingerprint density at radius 2 is 2.09 bits per heavy atom. The topological polar surface area (TPSA) is 84.3 Å². The zero-order valence-electron chi connectivity index (χ0n) is 13.4. The van der Waals surface area contributed by atoms with Gasteiger partial charge in [-0.05, 0) is 38.4 Å². The zero-order chi connectivity index (χ0) is 16.4. The van der Waals surface area contributed by atoms with Crippen LogP contribution in [0.15, 0.2) is 12.4 Å². The summed E-state index contributed by atoms with van der Waals surface area (Å²) < 4.78 is 25.7. The van der Waals surface area contributed by atoms with Crippen LogP contribution in [0.25, 0.3) is 0 Å². The van der Waals surface area contributed by atoms with Crippen molar-refractivity contribution in [3.05, 3.63) is 18.0 Å². The third-order valence-electron chi connectivity index (χ3n) is 4.61. The molecule has 0 saturated carbocycles. The molecule has 7 nitrogen and oxygen atoms in total. The van der Waals surface area contributed by atoms with E-state index in [2.05, 4.69) is 15.3 Å². The minimum atomic E-state index is -3.07. The van der Waals surface area contributed by atoms with Crippen LogP contribution in [0.1, 0.15) is 24.8 Å². The van der Waals surface area contributed by atoms with Gasteiger partial charge in [0.25, 0.3) is 0 Å². The first-order valence-electron chi connectivity index (χ1n) is 8.16. The Morgan fingerprint density at radius 3 is 2.74 bits per heavy atom. The van der Waals surface area contributed by atoms with Crippen molar-refractivity contribution < 1.29 is 13.2 Å². The molecule has 1 N–H and O–H groups in total. The molecule has 0 aromatic carbocycles. The van der Waals surface area contributed by atoms with Gasteiger partial charge in [0.2, 0.25) is 5.91 Å². The molecule has 3 heterocycles. The quantitative estimate of drug-likeness (QED) is 0.813. The van der Waals surface area contributed by atoms with E-state index < -0.39 is 9.84 Å². The summed E-state index contributed by atoms with van der Waals surface area (Å²) in [7, 11) is -3.07. The highest BCUT2D eigenvalue weighted by Gasteiger charge is 2.42. The van der Waals surface area contributed by atoms with Gasteiger partial charge in [-0.3, -0.25) is 14.4 Å². The molecular formula is C15H24N4O3S. The third-order valence-corrected chi connectivity index (χ3v) is 6.33. The van der Waals surface area contributed by atoms with Crippen LogP contribution in [0.2, 0.25) is 0 Å². The van der Waals surface area contributed by atoms with Gasteiger partial charge < -0.3 is 5.32 Å². The van der Waals surface area contributed by atoms with Crippen molar-refractivity contribution in [1.29, 1.82) is 0 Å². The van der Waals surface area contributed by atoms with E-state index in [4.69, 9.17) is 0 Å². The van der Waals surface area contributed by atoms with Crippen LogP contribution >= 0.6 is 0 Å². The molecule has 2 aliphatic heterocycles. The fourth-order valence-corrected chi connectivity index (χ4v) is 5.44. The average Bonchev–Trinajstić information content (AvgIpc) is 3.17. The highest BCUT2D eigenvalue weighted by atomic mass is 32.2. The number of rotatable bonds is 5. The van der Waals surface area contributed by atoms with E-state index in [1.807, 2.05) is 13.1 Å². The van der Waals surface area contributed by atoms with Crippen molar-refractivity contribution in [1.82, 2.24) is 20.0 Å². The lowest BCUT2D eigenvalue weighted by Gasteiger charge is -2.28. The molecule has 128 valence electrons. The molecule has 1 aromatic heterocycles. The first-order chi connectivity index (χ1) is 10.9. The number of aromatic nitrogens is 2. The predicted molar refractivity (Wildman–Crippen MR) is 86.8 cm³/mol. The minimum absolute atomic E-state index is 0.0563. The summed E-state index contributed by atoms with van der Waals surface area (Å²) >= 11 is 0. The van der Waals surface area contributed by atoms with Crippen LogP contribution < -0.4 is 5.32 Å². The lowest BCUT2D eigenvalue weighted by atomic mass is 10.1. The molecule has 23 heavy (non-hydrogen) atoms. The van der Waals surface area contributed by atoms with E-state index in [1.54, 1.807) is 10.9 Å². The Bertz CT molecular complexity index is 664. The lowest BCUT2D eigenvalue weighted by molar-refractivity contribution is -0.122. The molecule has 2 saturated heterocycles. The molecule has 0 spiro atoms. The third kappa shape index (κ3) is 4.11. The second kappa shape index (κ2) is 6.60. The van der Waals surface area contributed by atoms with Crippen molar-refractivity contribution >= 4 is 15.7 Å². The number of carbonyl (C=O) groups is 1. The number of carbonyl (C=O) groups excluding carboxylic acids is 1. The van der Waals surface area contributed by atoms with E-state index in [0.29, 0.717) is 13.0 Å². The fraction of sp³-hybridized carbons (Fsp3) is 0.733. The first kappa shape index (κ1) is 16.4. The van der Waals surface area contributed by atoms with E-state index in [-0.39, 0.29) is 29.5 Å². The molecular weight excluding hydrogens is 316 g/mol. The van der Waals surface area contributed by atoms with Gasteiger partial charge in [0.1, 0.15) is 0 Å². The Balaban J connectivity index is 1.57. The fourth-order valence-electron chi connectivity index (χ4n) is 3.48. The van der Waals surface area contributed by atoms with Gasteiger partial charge >= 0.3 is 0 Å². The number of aryl methyl sites for hydroxylation is 2. The molecule has 3 rings (SSSR count). The van der Waals surface area contributed by atoms with Gasteiger partial charge in [-0.1, -0.05) is 0 Å². The van der Waals surface area contributed by atoms with Crippen molar-refractivity contribution in [3.8, 4) is 0 Å². The Labute approximate surface area is 137 Å². The van der Waals surface area contributed by atoms with Gasteiger partial charge in [-0.25, -0.2) is 8.42 Å². The summed E-state index contributed by atoms with van der Waals surface area (Å²) in [6, 6.07) is -0.358. The van der Waals surface area contributed by atoms with E-state index in [9.17, 15) is 13.2 Å². The summed E-state index contributed by atoms with van der Waals surface area (Å²) in [5.41, 5.74) is 1.06. The molecule has 0 unspecified atom stereocenters. The Kier molecular flexibility index (Phi) is 4.72. The van der Waals surface area contributed by atoms with Crippen molar-refractivity contribution in [2.75, 3.05) is 24.6 Å². The van der Waals surface area contributed by atoms with Crippen molar-refractivity contribution in [2.45, 2.75) is 44.8 Å². The monoisotopic (exact) mass is 340 g/mol. The SMILES string of the molecule is Cc1cnn(CCC(=O)N[C@H]2CS(=O)(=O)C[C@H]2N2CCCC2)c1. The number of hydrogen-bond acceptors (Lipinski definition) is 5. The number of nitrogens with one attached hydrogen (secondary N) is 1. The summed E-state index contributed by atoms with van der Waals surface area (Å²) in [5.74, 6) is 0.112. The molecule has 0 aliphatic carbocycles. The van der Waals surface area contributed by atoms with Gasteiger partial charge in [0, 0.05) is 25.2 Å². The molecule has 2 aliphatic rings. The van der Waals surface area contributed by atoms with Gasteiger partial charge in [-0.15, -0.1) is 0 Å². The maximum absolute atomic E-state index is 12.2. The van der Waals surface area contributed by atoms with Gasteiger partial charge in [0.15, 0.2) is 9.84 Å². The second-order valence-corrected chi connectivity index (χ2v) is 8.75. The molecule has 2 atom stereocenters. The van der Waals surface area contributed by atoms with E-state index in [0.717, 1.165) is 31.5 Å². The van der Waals surface area contributed by atoms with Crippen LogP contribution in [0.5, 0.6) is 0 Å². The van der Waals surface area contributed by atoms with Gasteiger partial charge in [-0.2, -0.15) is 5.10 Å². The van der Waals surface area contributed by atoms with Crippen molar-refractivity contribution in [3.63, 3.8) is 0 Å². The molecule has 8 heteroatoms. The van der Waals surface area contributed by atoms with Crippen LogP contribution in [-0.4, -0.2) is 65.7 Å². The van der Waals surface area contributed by atoms with E-state index in [1.165, 1.54) is 0 Å². The molecule has 0 bridgehead atoms. The molecule has 0 radical (unpaired) electrons. The summed E-state index contributed by atoms with van der Waals surface area (Å²) in [4.78, 5) is 14.4. The number of sulfone groups is 1. The number of nitrogens with zero attached hydrogens (tertiary/aromatic N) is 3. The highest BCUT2D eigenvalue weighted by Crippen LogP contribution is 2.22. The minimum Gasteiger partial charge on any atom is -0.351 e. The van der Waals surface area contributed by atoms with Crippen LogP contribution in [-0.2, 0) is 21.2 Å². The van der Waals surface area contributed by atoms with E-state index >= 15 is 0 Å². The largest absolute Gasteiger partial charge is 0.351 e. The standard InChI is InChI=1S/C15H24N4O3S/c1-12-8-16-19(9-12)7-4-15(20)17-13-10-23(21,22)11-14(13)18-5-2-3-6-18/h8-9,13-14H,2-7,10-11H2,1H3,(H,17,20)/t13-,14+/m0/s1. The smallest absolute Gasteiger partial charge is 0.222 e. The number of likely N-dealkylation sites (tertiary alicyclic amines) is 1. The first-order valence-corrected chi connectivity index (χ1v) is 9.98. The summed E-state index contributed by atoms with van der Waals surface area (Å²) in [6.07, 6.45) is 6.17. The highest BCUT2D eigenvalue weighted by molar-refractivity contribution is 7.91. The van der Waals surface area contributed by atoms with Crippen LogP contribution in [0.3, 0.4) is 0 Å². The predicted octanol–water partition coefficient (Wildman–Crippen LogP) is -0.0408. The Hall–Kier alpha value is -1.41. The molecule has 1 amide bonds. The average molecular weight is 340 g/mol.